The molecule has 9 aromatic rings. The first-order valence-electron chi connectivity index (χ1n) is 20.9. The van der Waals surface area contributed by atoms with Gasteiger partial charge in [0.2, 0.25) is 0 Å². The van der Waals surface area contributed by atoms with Gasteiger partial charge in [-0.15, -0.1) is 11.3 Å². The van der Waals surface area contributed by atoms with E-state index >= 15 is 0 Å². The minimum atomic E-state index is -0.201. The van der Waals surface area contributed by atoms with Crippen molar-refractivity contribution in [3.63, 3.8) is 0 Å². The molecular weight excluding hydrogens is 723 g/mol. The Hall–Kier alpha value is -5.64. The number of para-hydroxylation sites is 1. The van der Waals surface area contributed by atoms with Crippen molar-refractivity contribution >= 4 is 70.5 Å². The third-order valence-corrected chi connectivity index (χ3v) is 14.8. The van der Waals surface area contributed by atoms with E-state index in [0.717, 1.165) is 33.3 Å². The number of thiophene rings is 1. The fourth-order valence-electron chi connectivity index (χ4n) is 10.4. The quantitative estimate of drug-likeness (QED) is 0.177. The van der Waals surface area contributed by atoms with Crippen molar-refractivity contribution in [1.29, 1.82) is 0 Å². The van der Waals surface area contributed by atoms with Crippen molar-refractivity contribution < 1.29 is 4.42 Å². The summed E-state index contributed by atoms with van der Waals surface area (Å²) in [5.74, 6) is 0.458. The van der Waals surface area contributed by atoms with Gasteiger partial charge in [-0.25, -0.2) is 0 Å². The topological polar surface area (TPSA) is 16.4 Å². The van der Waals surface area contributed by atoms with Crippen molar-refractivity contribution in [3.8, 4) is 22.3 Å². The number of furan rings is 1. The fraction of sp³-hybridized carbons (Fsp3) is 0.236. The maximum absolute atomic E-state index is 6.55. The SMILES string of the molecule is CC(C)c1cc(C(C)(C)C)c2sc3cc4c(cc3c2c1)C(C)(C)c1cccc(N(c2ccc3c(c2)C(C)(C)c2ccccc2-3)c2cccc3oc5ccccc5c23)c1-4. The summed E-state index contributed by atoms with van der Waals surface area (Å²) in [6.45, 7) is 21.3. The van der Waals surface area contributed by atoms with Crippen molar-refractivity contribution in [3.05, 3.63) is 161 Å². The lowest BCUT2D eigenvalue weighted by Crippen LogP contribution is -2.17. The van der Waals surface area contributed by atoms with Crippen LogP contribution in [0.3, 0.4) is 0 Å². The first-order chi connectivity index (χ1) is 27.7. The molecule has 2 heterocycles. The van der Waals surface area contributed by atoms with Gasteiger partial charge >= 0.3 is 0 Å². The van der Waals surface area contributed by atoms with E-state index in [2.05, 4.69) is 195 Å². The summed E-state index contributed by atoms with van der Waals surface area (Å²) < 4.78 is 9.33. The monoisotopic (exact) mass is 771 g/mol. The van der Waals surface area contributed by atoms with Crippen molar-refractivity contribution in [2.75, 3.05) is 4.90 Å². The summed E-state index contributed by atoms with van der Waals surface area (Å²) in [4.78, 5) is 2.54. The first kappa shape index (κ1) is 35.5. The van der Waals surface area contributed by atoms with Gasteiger partial charge < -0.3 is 9.32 Å². The first-order valence-corrected chi connectivity index (χ1v) is 21.7. The standard InChI is InChI=1S/C55H49NOS/c1-31(2)32-26-38-37-29-43-39(30-49(37)58-52(38)44(27-32)53(3,4)5)50-41(55(43,8)9)19-14-20-45(50)56(46-21-15-23-48-51(46)36-17-11-13-22-47(36)57-48)33-24-25-35-34-16-10-12-18-40(34)54(6,7)42(35)28-33/h10-31H,1-9H3. The van der Waals surface area contributed by atoms with Gasteiger partial charge in [0, 0.05) is 47.6 Å². The van der Waals surface area contributed by atoms with E-state index in [1.165, 1.54) is 81.5 Å². The molecule has 7 aromatic carbocycles. The summed E-state index contributed by atoms with van der Waals surface area (Å²) in [6, 6.07) is 48.1. The maximum atomic E-state index is 6.55. The molecule has 2 aliphatic rings. The van der Waals surface area contributed by atoms with E-state index < -0.39 is 0 Å². The minimum absolute atomic E-state index is 0.0381. The Morgan fingerprint density at radius 1 is 0.569 bits per heavy atom. The Labute approximate surface area is 345 Å². The number of fused-ring (bicyclic) bond motifs is 12. The normalized spacial score (nSPS) is 15.1. The average molecular weight is 772 g/mol. The second-order valence-corrected chi connectivity index (χ2v) is 20.2. The molecule has 0 amide bonds. The van der Waals surface area contributed by atoms with Gasteiger partial charge in [0.15, 0.2) is 0 Å². The predicted octanol–water partition coefficient (Wildman–Crippen LogP) is 16.5. The molecule has 2 aromatic heterocycles. The molecule has 11 rings (SSSR count). The molecule has 0 radical (unpaired) electrons. The van der Waals surface area contributed by atoms with Crippen LogP contribution in [0.1, 0.15) is 102 Å². The van der Waals surface area contributed by atoms with Crippen LogP contribution in [0.4, 0.5) is 17.1 Å². The molecular formula is C55H49NOS. The molecule has 0 N–H and O–H groups in total. The van der Waals surface area contributed by atoms with Crippen LogP contribution < -0.4 is 4.90 Å². The van der Waals surface area contributed by atoms with Crippen molar-refractivity contribution in [1.82, 2.24) is 0 Å². The van der Waals surface area contributed by atoms with Crippen LogP contribution in [0.2, 0.25) is 0 Å². The number of hydrogen-bond donors (Lipinski definition) is 0. The fourth-order valence-corrected chi connectivity index (χ4v) is 11.8. The third kappa shape index (κ3) is 4.83. The number of rotatable bonds is 4. The van der Waals surface area contributed by atoms with Gasteiger partial charge in [0.25, 0.3) is 0 Å². The minimum Gasteiger partial charge on any atom is -0.456 e. The summed E-state index contributed by atoms with van der Waals surface area (Å²) in [7, 11) is 0. The Balaban J connectivity index is 1.21. The number of nitrogens with zero attached hydrogens (tertiary/aromatic N) is 1. The molecule has 0 saturated heterocycles. The lowest BCUT2D eigenvalue weighted by molar-refractivity contribution is 0.595. The highest BCUT2D eigenvalue weighted by Crippen LogP contribution is 2.58. The largest absolute Gasteiger partial charge is 0.456 e. The molecule has 0 saturated carbocycles. The number of hydrogen-bond acceptors (Lipinski definition) is 3. The van der Waals surface area contributed by atoms with Crippen molar-refractivity contribution in [2.24, 2.45) is 0 Å². The van der Waals surface area contributed by atoms with Crippen LogP contribution in [-0.2, 0) is 16.2 Å². The molecule has 2 nitrogen and oxygen atoms in total. The third-order valence-electron chi connectivity index (χ3n) is 13.6. The molecule has 0 fully saturated rings. The summed E-state index contributed by atoms with van der Waals surface area (Å²) >= 11 is 1.97. The average Bonchev–Trinajstić information content (AvgIpc) is 3.89. The second-order valence-electron chi connectivity index (χ2n) is 19.2. The van der Waals surface area contributed by atoms with E-state index in [-0.39, 0.29) is 16.2 Å². The highest BCUT2D eigenvalue weighted by Gasteiger charge is 2.40. The van der Waals surface area contributed by atoms with Gasteiger partial charge in [-0.1, -0.05) is 135 Å². The predicted molar refractivity (Wildman–Crippen MR) is 249 cm³/mol. The van der Waals surface area contributed by atoms with E-state index in [1.807, 2.05) is 11.3 Å². The van der Waals surface area contributed by atoms with E-state index in [1.54, 1.807) is 0 Å². The zero-order valence-corrected chi connectivity index (χ0v) is 35.8. The van der Waals surface area contributed by atoms with Crippen LogP contribution in [0.5, 0.6) is 0 Å². The van der Waals surface area contributed by atoms with Crippen LogP contribution in [-0.4, -0.2) is 0 Å². The molecule has 0 aliphatic heterocycles. The van der Waals surface area contributed by atoms with Gasteiger partial charge in [-0.2, -0.15) is 0 Å². The number of anilines is 3. The molecule has 0 bridgehead atoms. The zero-order chi connectivity index (χ0) is 40.0. The molecule has 0 spiro atoms. The van der Waals surface area contributed by atoms with Crippen LogP contribution in [0.15, 0.2) is 132 Å². The summed E-state index contributed by atoms with van der Waals surface area (Å²) in [5, 5.41) is 5.03. The molecule has 58 heavy (non-hydrogen) atoms. The summed E-state index contributed by atoms with van der Waals surface area (Å²) in [5.41, 5.74) is 18.6. The zero-order valence-electron chi connectivity index (χ0n) is 35.0. The molecule has 0 unspecified atom stereocenters. The number of benzene rings is 7. The Morgan fingerprint density at radius 2 is 1.24 bits per heavy atom. The van der Waals surface area contributed by atoms with E-state index in [9.17, 15) is 0 Å². The van der Waals surface area contributed by atoms with Gasteiger partial charge in [-0.05, 0) is 116 Å². The lowest BCUT2D eigenvalue weighted by atomic mass is 9.81. The smallest absolute Gasteiger partial charge is 0.137 e. The van der Waals surface area contributed by atoms with E-state index in [0.29, 0.717) is 5.92 Å². The Bertz CT molecular complexity index is 3200. The van der Waals surface area contributed by atoms with Gasteiger partial charge in [-0.3, -0.25) is 0 Å². The lowest BCUT2D eigenvalue weighted by Gasteiger charge is -2.31. The molecule has 2 aliphatic carbocycles. The second kappa shape index (κ2) is 12.0. The van der Waals surface area contributed by atoms with Gasteiger partial charge in [0.05, 0.1) is 16.8 Å². The molecule has 3 heteroatoms. The highest BCUT2D eigenvalue weighted by molar-refractivity contribution is 7.26. The highest BCUT2D eigenvalue weighted by atomic mass is 32.1. The molecule has 0 atom stereocenters. The maximum Gasteiger partial charge on any atom is 0.137 e. The van der Waals surface area contributed by atoms with Crippen LogP contribution >= 0.6 is 11.3 Å². The Kier molecular flexibility index (Phi) is 7.32. The van der Waals surface area contributed by atoms with E-state index in [4.69, 9.17) is 4.42 Å². The van der Waals surface area contributed by atoms with Crippen LogP contribution in [0.25, 0.3) is 64.4 Å². The summed E-state index contributed by atoms with van der Waals surface area (Å²) in [6.07, 6.45) is 0. The Morgan fingerprint density at radius 3 is 2.05 bits per heavy atom. The van der Waals surface area contributed by atoms with Crippen molar-refractivity contribution in [2.45, 2.75) is 84.5 Å². The van der Waals surface area contributed by atoms with Gasteiger partial charge in [0.1, 0.15) is 11.2 Å². The molecule has 286 valence electrons. The van der Waals surface area contributed by atoms with Crippen LogP contribution in [0, 0.1) is 0 Å².